The Bertz CT molecular complexity index is 754. The molecular weight excluding hydrogens is 448 g/mol. The van der Waals surface area contributed by atoms with Gasteiger partial charge in [0.25, 0.3) is 0 Å². The topological polar surface area (TPSA) is 54.9 Å². The van der Waals surface area contributed by atoms with Crippen molar-refractivity contribution >= 4 is 29.9 Å². The number of hydrogen-bond donors (Lipinski definition) is 2. The van der Waals surface area contributed by atoms with E-state index >= 15 is 0 Å². The highest BCUT2D eigenvalue weighted by Gasteiger charge is 2.06. The molecule has 0 atom stereocenters. The molecule has 2 rings (SSSR count). The van der Waals surface area contributed by atoms with Gasteiger partial charge in [0.1, 0.15) is 5.75 Å². The van der Waals surface area contributed by atoms with Crippen LogP contribution in [0.25, 0.3) is 0 Å². The van der Waals surface area contributed by atoms with E-state index in [0.29, 0.717) is 19.0 Å². The van der Waals surface area contributed by atoms with Crippen LogP contribution in [0.2, 0.25) is 0 Å². The summed E-state index contributed by atoms with van der Waals surface area (Å²) in [6.45, 7) is 3.04. The first-order chi connectivity index (χ1) is 12.1. The molecule has 0 bridgehead atoms. The first-order valence-electron chi connectivity index (χ1n) is 7.97. The van der Waals surface area contributed by atoms with Crippen molar-refractivity contribution in [1.29, 1.82) is 0 Å². The number of halogens is 2. The summed E-state index contributed by atoms with van der Waals surface area (Å²) >= 11 is 0. The zero-order valence-electron chi connectivity index (χ0n) is 15.4. The second kappa shape index (κ2) is 10.8. The molecule has 0 saturated carbocycles. The number of aryl methyl sites for hydroxylation is 1. The van der Waals surface area contributed by atoms with Crippen LogP contribution in [0.5, 0.6) is 11.5 Å². The van der Waals surface area contributed by atoms with Gasteiger partial charge in [-0.05, 0) is 36.2 Å². The number of guanidine groups is 1. The fourth-order valence-electron chi connectivity index (χ4n) is 2.40. The molecule has 0 aliphatic heterocycles. The number of nitrogens with one attached hydrogen (secondary N) is 2. The average molecular weight is 473 g/mol. The van der Waals surface area contributed by atoms with Crippen molar-refractivity contribution in [2.75, 3.05) is 21.3 Å². The van der Waals surface area contributed by atoms with Gasteiger partial charge in [-0.25, -0.2) is 4.39 Å². The van der Waals surface area contributed by atoms with Crippen LogP contribution < -0.4 is 20.1 Å². The summed E-state index contributed by atoms with van der Waals surface area (Å²) in [4.78, 5) is 4.18. The molecule has 2 aromatic rings. The second-order valence-electron chi connectivity index (χ2n) is 5.56. The van der Waals surface area contributed by atoms with Gasteiger partial charge in [0.15, 0.2) is 17.5 Å². The normalized spacial score (nSPS) is 10.7. The lowest BCUT2D eigenvalue weighted by molar-refractivity contribution is 0.386. The van der Waals surface area contributed by atoms with Gasteiger partial charge < -0.3 is 20.1 Å². The van der Waals surface area contributed by atoms with Crippen LogP contribution in [0.1, 0.15) is 16.7 Å². The lowest BCUT2D eigenvalue weighted by Crippen LogP contribution is -2.36. The van der Waals surface area contributed by atoms with Crippen LogP contribution in [-0.4, -0.2) is 27.2 Å². The molecule has 2 aromatic carbocycles. The van der Waals surface area contributed by atoms with E-state index in [1.165, 1.54) is 13.2 Å². The predicted octanol–water partition coefficient (Wildman–Crippen LogP) is 3.63. The Labute approximate surface area is 171 Å². The summed E-state index contributed by atoms with van der Waals surface area (Å²) in [5.74, 6) is 1.31. The van der Waals surface area contributed by atoms with E-state index in [2.05, 4.69) is 15.6 Å². The van der Waals surface area contributed by atoms with Crippen molar-refractivity contribution in [3.63, 3.8) is 0 Å². The van der Waals surface area contributed by atoms with Crippen LogP contribution in [0.3, 0.4) is 0 Å². The maximum Gasteiger partial charge on any atom is 0.191 e. The molecule has 142 valence electrons. The second-order valence-corrected chi connectivity index (χ2v) is 5.56. The van der Waals surface area contributed by atoms with E-state index in [-0.39, 0.29) is 35.5 Å². The number of hydrogen-bond acceptors (Lipinski definition) is 3. The van der Waals surface area contributed by atoms with E-state index in [1.54, 1.807) is 20.2 Å². The highest BCUT2D eigenvalue weighted by molar-refractivity contribution is 14.0. The first-order valence-corrected chi connectivity index (χ1v) is 7.97. The summed E-state index contributed by atoms with van der Waals surface area (Å²) in [5.41, 5.74) is 2.98. The maximum atomic E-state index is 13.7. The molecule has 0 unspecified atom stereocenters. The van der Waals surface area contributed by atoms with Crippen LogP contribution in [0, 0.1) is 12.7 Å². The Hall–Kier alpha value is -2.03. The predicted molar refractivity (Wildman–Crippen MR) is 113 cm³/mol. The number of ether oxygens (including phenoxy) is 2. The van der Waals surface area contributed by atoms with E-state index in [1.807, 2.05) is 31.2 Å². The number of aliphatic imine (C=N–C) groups is 1. The van der Waals surface area contributed by atoms with Gasteiger partial charge in [0, 0.05) is 25.7 Å². The minimum Gasteiger partial charge on any atom is -0.496 e. The molecular formula is C19H25FIN3O2. The number of rotatable bonds is 6. The molecule has 5 nitrogen and oxygen atoms in total. The zero-order chi connectivity index (χ0) is 18.2. The van der Waals surface area contributed by atoms with Crippen molar-refractivity contribution in [3.8, 4) is 11.5 Å². The SMILES string of the molecule is CN=C(NCc1ccc(OC)c(F)c1)NCc1ccc(C)cc1OC.I. The lowest BCUT2D eigenvalue weighted by Gasteiger charge is -2.14. The Morgan fingerprint density at radius 2 is 1.69 bits per heavy atom. The lowest BCUT2D eigenvalue weighted by atomic mass is 10.1. The van der Waals surface area contributed by atoms with Crippen molar-refractivity contribution in [2.45, 2.75) is 20.0 Å². The zero-order valence-corrected chi connectivity index (χ0v) is 17.8. The third-order valence-electron chi connectivity index (χ3n) is 3.79. The Morgan fingerprint density at radius 3 is 2.31 bits per heavy atom. The molecule has 0 spiro atoms. The third kappa shape index (κ3) is 6.05. The molecule has 0 amide bonds. The fourth-order valence-corrected chi connectivity index (χ4v) is 2.40. The van der Waals surface area contributed by atoms with Crippen molar-refractivity contribution in [2.24, 2.45) is 4.99 Å². The number of benzene rings is 2. The van der Waals surface area contributed by atoms with Crippen LogP contribution in [0.4, 0.5) is 4.39 Å². The summed E-state index contributed by atoms with van der Waals surface area (Å²) in [6, 6.07) is 10.9. The molecule has 0 aliphatic carbocycles. The minimum atomic E-state index is -0.380. The molecule has 0 aliphatic rings. The standard InChI is InChI=1S/C19H24FN3O2.HI/c1-13-5-7-15(18(9-13)25-4)12-23-19(21-2)22-11-14-6-8-17(24-3)16(20)10-14;/h5-10H,11-12H2,1-4H3,(H2,21,22,23);1H. The van der Waals surface area contributed by atoms with Gasteiger partial charge in [-0.1, -0.05) is 18.2 Å². The summed E-state index contributed by atoms with van der Waals surface area (Å²) < 4.78 is 24.1. The third-order valence-corrected chi connectivity index (χ3v) is 3.79. The van der Waals surface area contributed by atoms with Gasteiger partial charge in [0.2, 0.25) is 0 Å². The van der Waals surface area contributed by atoms with Gasteiger partial charge in [-0.3, -0.25) is 4.99 Å². The molecule has 0 saturated heterocycles. The van der Waals surface area contributed by atoms with Crippen LogP contribution in [-0.2, 0) is 13.1 Å². The van der Waals surface area contributed by atoms with E-state index in [0.717, 1.165) is 22.4 Å². The van der Waals surface area contributed by atoms with Gasteiger partial charge >= 0.3 is 0 Å². The largest absolute Gasteiger partial charge is 0.496 e. The Kier molecular flexibility index (Phi) is 9.18. The summed E-state index contributed by atoms with van der Waals surface area (Å²) in [5, 5.41) is 6.39. The summed E-state index contributed by atoms with van der Waals surface area (Å²) in [7, 11) is 4.79. The smallest absolute Gasteiger partial charge is 0.191 e. The molecule has 7 heteroatoms. The van der Waals surface area contributed by atoms with E-state index in [9.17, 15) is 4.39 Å². The molecule has 2 N–H and O–H groups in total. The summed E-state index contributed by atoms with van der Waals surface area (Å²) in [6.07, 6.45) is 0. The van der Waals surface area contributed by atoms with Crippen molar-refractivity contribution in [3.05, 3.63) is 58.9 Å². The minimum absolute atomic E-state index is 0. The molecule has 0 heterocycles. The first kappa shape index (κ1) is 22.0. The van der Waals surface area contributed by atoms with Crippen LogP contribution >= 0.6 is 24.0 Å². The van der Waals surface area contributed by atoms with Gasteiger partial charge in [-0.2, -0.15) is 0 Å². The van der Waals surface area contributed by atoms with E-state index in [4.69, 9.17) is 9.47 Å². The Balaban J connectivity index is 0.00000338. The molecule has 26 heavy (non-hydrogen) atoms. The number of nitrogens with zero attached hydrogens (tertiary/aromatic N) is 1. The highest BCUT2D eigenvalue weighted by Crippen LogP contribution is 2.20. The number of methoxy groups -OCH3 is 2. The highest BCUT2D eigenvalue weighted by atomic mass is 127. The molecule has 0 radical (unpaired) electrons. The quantitative estimate of drug-likeness (QED) is 0.382. The van der Waals surface area contributed by atoms with Crippen LogP contribution in [0.15, 0.2) is 41.4 Å². The maximum absolute atomic E-state index is 13.7. The molecule has 0 fully saturated rings. The molecule has 0 aromatic heterocycles. The van der Waals surface area contributed by atoms with Gasteiger partial charge in [-0.15, -0.1) is 24.0 Å². The van der Waals surface area contributed by atoms with Crippen molar-refractivity contribution < 1.29 is 13.9 Å². The van der Waals surface area contributed by atoms with E-state index < -0.39 is 0 Å². The fraction of sp³-hybridized carbons (Fsp3) is 0.316. The monoisotopic (exact) mass is 473 g/mol. The van der Waals surface area contributed by atoms with Crippen molar-refractivity contribution in [1.82, 2.24) is 10.6 Å². The van der Waals surface area contributed by atoms with Gasteiger partial charge in [0.05, 0.1) is 14.2 Å². The Morgan fingerprint density at radius 1 is 1.00 bits per heavy atom. The average Bonchev–Trinajstić information content (AvgIpc) is 2.62.